The molecule has 204 valence electrons. The monoisotopic (exact) mass is 514 g/mol. The van der Waals surface area contributed by atoms with Crippen LogP contribution in [0.5, 0.6) is 5.75 Å². The number of carbonyl (C=O) groups excluding carboxylic acids is 4. The number of benzene rings is 1. The summed E-state index contributed by atoms with van der Waals surface area (Å²) in [6.45, 7) is 10.1. The van der Waals surface area contributed by atoms with Gasteiger partial charge in [-0.1, -0.05) is 26.0 Å². The van der Waals surface area contributed by atoms with E-state index in [4.69, 9.17) is 4.74 Å². The number of carbonyl (C=O) groups is 4. The Balaban J connectivity index is 1.71. The Bertz CT molecular complexity index is 1000. The van der Waals surface area contributed by atoms with Crippen molar-refractivity contribution < 1.29 is 23.9 Å². The molecule has 1 aromatic rings. The Morgan fingerprint density at radius 3 is 2.43 bits per heavy atom. The van der Waals surface area contributed by atoms with Gasteiger partial charge in [0, 0.05) is 25.2 Å². The number of hydrogen-bond acceptors (Lipinski definition) is 5. The minimum atomic E-state index is -0.781. The number of rotatable bonds is 11. The fourth-order valence-electron chi connectivity index (χ4n) is 4.51. The highest BCUT2D eigenvalue weighted by atomic mass is 16.5. The summed E-state index contributed by atoms with van der Waals surface area (Å²) in [6, 6.07) is 5.42. The van der Waals surface area contributed by atoms with E-state index in [2.05, 4.69) is 10.6 Å². The molecule has 0 bridgehead atoms. The zero-order valence-electron chi connectivity index (χ0n) is 23.0. The molecule has 9 nitrogen and oxygen atoms in total. The van der Waals surface area contributed by atoms with E-state index in [0.29, 0.717) is 19.4 Å². The van der Waals surface area contributed by atoms with Crippen molar-refractivity contribution in [2.45, 2.75) is 90.4 Å². The highest BCUT2D eigenvalue weighted by Crippen LogP contribution is 2.34. The van der Waals surface area contributed by atoms with E-state index in [1.54, 1.807) is 41.1 Å². The van der Waals surface area contributed by atoms with Crippen molar-refractivity contribution >= 4 is 23.6 Å². The van der Waals surface area contributed by atoms with E-state index >= 15 is 0 Å². The lowest BCUT2D eigenvalue weighted by Crippen LogP contribution is -2.54. The number of hydrogen-bond donors (Lipinski definition) is 2. The summed E-state index contributed by atoms with van der Waals surface area (Å²) in [5.41, 5.74) is 0.101. The first kappa shape index (κ1) is 28.5. The van der Waals surface area contributed by atoms with Gasteiger partial charge in [0.05, 0.1) is 5.56 Å². The Hall–Kier alpha value is -3.10. The molecule has 2 unspecified atom stereocenters. The third-order valence-corrected chi connectivity index (χ3v) is 7.19. The third-order valence-electron chi connectivity index (χ3n) is 7.19. The fraction of sp³-hybridized carbons (Fsp3) is 0.643. The van der Waals surface area contributed by atoms with Crippen LogP contribution >= 0.6 is 0 Å². The lowest BCUT2D eigenvalue weighted by atomic mass is 10.0. The lowest BCUT2D eigenvalue weighted by Gasteiger charge is -2.32. The highest BCUT2D eigenvalue weighted by Gasteiger charge is 2.40. The second-order valence-corrected chi connectivity index (χ2v) is 11.3. The summed E-state index contributed by atoms with van der Waals surface area (Å²) in [5.74, 6) is -0.592. The first-order chi connectivity index (χ1) is 17.4. The third kappa shape index (κ3) is 7.46. The van der Waals surface area contributed by atoms with E-state index in [1.165, 1.54) is 0 Å². The molecular formula is C28H42N4O5. The standard InChI is InChI=1S/C28H42N4O5/c1-18(2)16-21(26(35)32-15-9-11-22(32)27(36)31(6)19(3)4)29-25(34)20-10-7-8-12-23(20)37-17-24(33)30-28(5)13-14-28/h7-8,10,12,18-19,21-22H,9,11,13-17H2,1-6H3,(H,29,34)(H,30,33). The Morgan fingerprint density at radius 1 is 1.14 bits per heavy atom. The van der Waals surface area contributed by atoms with Crippen molar-refractivity contribution in [3.05, 3.63) is 29.8 Å². The van der Waals surface area contributed by atoms with Crippen molar-refractivity contribution in [1.29, 1.82) is 0 Å². The number of ether oxygens (including phenoxy) is 1. The zero-order chi connectivity index (χ0) is 27.3. The molecule has 4 amide bonds. The smallest absolute Gasteiger partial charge is 0.258 e. The summed E-state index contributed by atoms with van der Waals surface area (Å²) < 4.78 is 5.70. The Kier molecular flexibility index (Phi) is 9.21. The molecule has 0 aromatic heterocycles. The first-order valence-electron chi connectivity index (χ1n) is 13.3. The van der Waals surface area contributed by atoms with E-state index in [-0.39, 0.29) is 53.1 Å². The molecule has 2 fully saturated rings. The molecule has 2 aliphatic rings. The maximum atomic E-state index is 13.7. The molecule has 0 radical (unpaired) electrons. The van der Waals surface area contributed by atoms with Crippen LogP contribution in [0.4, 0.5) is 0 Å². The molecule has 1 saturated carbocycles. The molecular weight excluding hydrogens is 472 g/mol. The van der Waals surface area contributed by atoms with E-state index in [9.17, 15) is 19.2 Å². The molecule has 2 N–H and O–H groups in total. The van der Waals surface area contributed by atoms with E-state index in [0.717, 1.165) is 19.3 Å². The van der Waals surface area contributed by atoms with Crippen LogP contribution in [0, 0.1) is 5.92 Å². The van der Waals surface area contributed by atoms with Crippen LogP contribution in [0.3, 0.4) is 0 Å². The van der Waals surface area contributed by atoms with Gasteiger partial charge in [0.25, 0.3) is 11.8 Å². The van der Waals surface area contributed by atoms with Crippen LogP contribution in [-0.4, -0.2) is 77.3 Å². The molecule has 37 heavy (non-hydrogen) atoms. The molecule has 0 spiro atoms. The van der Waals surface area contributed by atoms with Gasteiger partial charge in [-0.25, -0.2) is 0 Å². The molecule has 1 aromatic carbocycles. The minimum Gasteiger partial charge on any atom is -0.483 e. The van der Waals surface area contributed by atoms with Gasteiger partial charge in [-0.2, -0.15) is 0 Å². The maximum absolute atomic E-state index is 13.7. The predicted octanol–water partition coefficient (Wildman–Crippen LogP) is 2.74. The van der Waals surface area contributed by atoms with Crippen molar-refractivity contribution in [3.8, 4) is 5.75 Å². The SMILES string of the molecule is CC(C)CC(NC(=O)c1ccccc1OCC(=O)NC1(C)CC1)C(=O)N1CCCC1C(=O)N(C)C(C)C. The van der Waals surface area contributed by atoms with Crippen LogP contribution in [-0.2, 0) is 14.4 Å². The van der Waals surface area contributed by atoms with E-state index < -0.39 is 18.0 Å². The van der Waals surface area contributed by atoms with Crippen LogP contribution in [0.25, 0.3) is 0 Å². The molecule has 1 heterocycles. The first-order valence-corrected chi connectivity index (χ1v) is 13.3. The summed E-state index contributed by atoms with van der Waals surface area (Å²) in [5, 5.41) is 5.82. The van der Waals surface area contributed by atoms with Gasteiger partial charge in [-0.05, 0) is 70.9 Å². The van der Waals surface area contributed by atoms with Gasteiger partial charge in [0.1, 0.15) is 17.8 Å². The number of likely N-dealkylation sites (tertiary alicyclic amines) is 1. The number of likely N-dealkylation sites (N-methyl/N-ethyl adjacent to an activating group) is 1. The van der Waals surface area contributed by atoms with Crippen molar-refractivity contribution in [2.24, 2.45) is 5.92 Å². The average molecular weight is 515 g/mol. The second-order valence-electron chi connectivity index (χ2n) is 11.3. The zero-order valence-corrected chi connectivity index (χ0v) is 23.0. The normalized spacial score (nSPS) is 18.9. The van der Waals surface area contributed by atoms with Gasteiger partial charge in [-0.3, -0.25) is 19.2 Å². The fourth-order valence-corrected chi connectivity index (χ4v) is 4.51. The van der Waals surface area contributed by atoms with Crippen molar-refractivity contribution in [3.63, 3.8) is 0 Å². The lowest BCUT2D eigenvalue weighted by molar-refractivity contribution is -0.145. The van der Waals surface area contributed by atoms with Gasteiger partial charge < -0.3 is 25.2 Å². The molecule has 1 aliphatic carbocycles. The van der Waals surface area contributed by atoms with Crippen molar-refractivity contribution in [1.82, 2.24) is 20.4 Å². The van der Waals surface area contributed by atoms with Crippen LogP contribution in [0.1, 0.15) is 77.1 Å². The Labute approximate surface area is 220 Å². The molecule has 9 heteroatoms. The Morgan fingerprint density at radius 2 is 1.81 bits per heavy atom. The topological polar surface area (TPSA) is 108 Å². The summed E-state index contributed by atoms with van der Waals surface area (Å²) in [7, 11) is 1.75. The predicted molar refractivity (Wildman–Crippen MR) is 141 cm³/mol. The summed E-state index contributed by atoms with van der Waals surface area (Å²) >= 11 is 0. The number of amides is 4. The van der Waals surface area contributed by atoms with Crippen LogP contribution in [0.15, 0.2) is 24.3 Å². The quantitative estimate of drug-likeness (QED) is 0.472. The van der Waals surface area contributed by atoms with Gasteiger partial charge in [0.2, 0.25) is 11.8 Å². The molecule has 1 saturated heterocycles. The summed E-state index contributed by atoms with van der Waals surface area (Å²) in [6.07, 6.45) is 3.68. The second kappa shape index (κ2) is 12.0. The molecule has 3 rings (SSSR count). The largest absolute Gasteiger partial charge is 0.483 e. The number of para-hydroxylation sites is 1. The number of nitrogens with one attached hydrogen (secondary N) is 2. The molecule has 1 aliphatic heterocycles. The maximum Gasteiger partial charge on any atom is 0.258 e. The van der Waals surface area contributed by atoms with E-state index in [1.807, 2.05) is 34.6 Å². The van der Waals surface area contributed by atoms with Gasteiger partial charge >= 0.3 is 0 Å². The van der Waals surface area contributed by atoms with Gasteiger partial charge in [0.15, 0.2) is 6.61 Å². The summed E-state index contributed by atoms with van der Waals surface area (Å²) in [4.78, 5) is 55.6. The number of nitrogens with zero attached hydrogens (tertiary/aromatic N) is 2. The molecule has 2 atom stereocenters. The minimum absolute atomic E-state index is 0.0296. The van der Waals surface area contributed by atoms with Crippen LogP contribution < -0.4 is 15.4 Å². The highest BCUT2D eigenvalue weighted by molar-refractivity contribution is 6.00. The van der Waals surface area contributed by atoms with Crippen LogP contribution in [0.2, 0.25) is 0 Å². The van der Waals surface area contributed by atoms with Crippen molar-refractivity contribution in [2.75, 3.05) is 20.2 Å². The average Bonchev–Trinajstić information content (AvgIpc) is 3.36. The van der Waals surface area contributed by atoms with Gasteiger partial charge in [-0.15, -0.1) is 0 Å².